The van der Waals surface area contributed by atoms with Crippen molar-refractivity contribution in [1.82, 2.24) is 4.98 Å². The van der Waals surface area contributed by atoms with E-state index in [0.717, 1.165) is 11.8 Å². The van der Waals surface area contributed by atoms with Gasteiger partial charge < -0.3 is 11.1 Å². The van der Waals surface area contributed by atoms with E-state index in [1.54, 1.807) is 12.1 Å². The highest BCUT2D eigenvalue weighted by Gasteiger charge is 2.16. The number of halogens is 1. The smallest absolute Gasteiger partial charge is 0.245 e. The molecule has 1 unspecified atom stereocenters. The summed E-state index contributed by atoms with van der Waals surface area (Å²) in [4.78, 5) is 15.5. The van der Waals surface area contributed by atoms with Gasteiger partial charge in [-0.1, -0.05) is 29.8 Å². The minimum absolute atomic E-state index is 0.0718. The molecule has 2 rings (SSSR count). The fourth-order valence-corrected chi connectivity index (χ4v) is 1.61. The number of rotatable bonds is 3. The summed E-state index contributed by atoms with van der Waals surface area (Å²) in [5.74, 6) is -1.05. The van der Waals surface area contributed by atoms with Gasteiger partial charge >= 0.3 is 0 Å². The van der Waals surface area contributed by atoms with Crippen LogP contribution in [0.2, 0.25) is 0 Å². The molecule has 0 saturated carbocycles. The summed E-state index contributed by atoms with van der Waals surface area (Å²) in [5.41, 5.74) is 7.67. The molecule has 0 fully saturated rings. The maximum absolute atomic E-state index is 13.4. The molecule has 0 radical (unpaired) electrons. The molecule has 2 aromatic rings. The molecule has 1 heterocycles. The molecule has 1 amide bonds. The van der Waals surface area contributed by atoms with Crippen LogP contribution in [0.1, 0.15) is 17.2 Å². The first kappa shape index (κ1) is 13.2. The van der Waals surface area contributed by atoms with Gasteiger partial charge in [0.25, 0.3) is 0 Å². The third kappa shape index (κ3) is 3.14. The number of carbonyl (C=O) groups excluding carboxylic acids is 1. The molecule has 0 saturated heterocycles. The first-order valence-electron chi connectivity index (χ1n) is 5.80. The summed E-state index contributed by atoms with van der Waals surface area (Å²) < 4.78 is 13.4. The number of nitrogens with zero attached hydrogens (tertiary/aromatic N) is 1. The molecule has 1 atom stereocenters. The molecule has 3 N–H and O–H groups in total. The lowest BCUT2D eigenvalue weighted by Crippen LogP contribution is -2.28. The van der Waals surface area contributed by atoms with Crippen molar-refractivity contribution in [2.75, 3.05) is 5.32 Å². The first-order chi connectivity index (χ1) is 9.08. The van der Waals surface area contributed by atoms with E-state index in [4.69, 9.17) is 5.73 Å². The third-order valence-electron chi connectivity index (χ3n) is 2.75. The molecule has 4 nitrogen and oxygen atoms in total. The van der Waals surface area contributed by atoms with Crippen molar-refractivity contribution in [2.45, 2.75) is 13.0 Å². The predicted molar refractivity (Wildman–Crippen MR) is 70.9 cm³/mol. The predicted octanol–water partition coefficient (Wildman–Crippen LogP) is 2.17. The number of hydrogen-bond acceptors (Lipinski definition) is 3. The lowest BCUT2D eigenvalue weighted by atomic mass is 10.1. The maximum atomic E-state index is 13.4. The molecule has 1 aromatic carbocycles. The molecule has 0 aliphatic carbocycles. The van der Waals surface area contributed by atoms with Gasteiger partial charge in [0.05, 0.1) is 11.9 Å². The van der Waals surface area contributed by atoms with Gasteiger partial charge in [0, 0.05) is 6.20 Å². The van der Waals surface area contributed by atoms with Crippen LogP contribution in [0.3, 0.4) is 0 Å². The number of benzene rings is 1. The van der Waals surface area contributed by atoms with Crippen LogP contribution in [-0.4, -0.2) is 10.9 Å². The van der Waals surface area contributed by atoms with Gasteiger partial charge in [0.15, 0.2) is 5.82 Å². The Balaban J connectivity index is 2.12. The van der Waals surface area contributed by atoms with Crippen molar-refractivity contribution < 1.29 is 9.18 Å². The molecule has 5 heteroatoms. The Morgan fingerprint density at radius 3 is 2.63 bits per heavy atom. The number of pyridine rings is 1. The molecule has 19 heavy (non-hydrogen) atoms. The molecule has 0 aliphatic heterocycles. The zero-order valence-corrected chi connectivity index (χ0v) is 10.4. The second-order valence-electron chi connectivity index (χ2n) is 4.23. The zero-order chi connectivity index (χ0) is 13.8. The topological polar surface area (TPSA) is 68.0 Å². The standard InChI is InChI=1S/C14H14FN3O/c1-9-2-4-10(5-3-9)13(16)14(19)18-12-6-7-17-8-11(12)15/h2-8,13H,16H2,1H3,(H,17,18,19). The van der Waals surface area contributed by atoms with E-state index in [9.17, 15) is 9.18 Å². The number of hydrogen-bond donors (Lipinski definition) is 2. The van der Waals surface area contributed by atoms with Crippen molar-refractivity contribution in [3.63, 3.8) is 0 Å². The van der Waals surface area contributed by atoms with Crippen LogP contribution in [0.5, 0.6) is 0 Å². The van der Waals surface area contributed by atoms with Gasteiger partial charge in [0.1, 0.15) is 6.04 Å². The molecule has 0 aliphatic rings. The summed E-state index contributed by atoms with van der Waals surface area (Å²) in [7, 11) is 0. The minimum Gasteiger partial charge on any atom is -0.322 e. The van der Waals surface area contributed by atoms with Crippen molar-refractivity contribution in [3.05, 3.63) is 59.7 Å². The fraction of sp³-hybridized carbons (Fsp3) is 0.143. The Labute approximate surface area is 110 Å². The average molecular weight is 259 g/mol. The fourth-order valence-electron chi connectivity index (χ4n) is 1.61. The van der Waals surface area contributed by atoms with Gasteiger partial charge in [-0.15, -0.1) is 0 Å². The van der Waals surface area contributed by atoms with Crippen molar-refractivity contribution in [1.29, 1.82) is 0 Å². The van der Waals surface area contributed by atoms with E-state index in [1.165, 1.54) is 12.3 Å². The average Bonchev–Trinajstić information content (AvgIpc) is 2.41. The van der Waals surface area contributed by atoms with Crippen LogP contribution in [0.25, 0.3) is 0 Å². The number of nitrogens with two attached hydrogens (primary N) is 1. The maximum Gasteiger partial charge on any atom is 0.245 e. The highest BCUT2D eigenvalue weighted by molar-refractivity contribution is 5.95. The Hall–Kier alpha value is -2.27. The molecule has 0 spiro atoms. The second kappa shape index (κ2) is 5.58. The van der Waals surface area contributed by atoms with Crippen molar-refractivity contribution >= 4 is 11.6 Å². The lowest BCUT2D eigenvalue weighted by Gasteiger charge is -2.13. The Kier molecular flexibility index (Phi) is 3.87. The van der Waals surface area contributed by atoms with Crippen LogP contribution >= 0.6 is 0 Å². The Morgan fingerprint density at radius 1 is 1.32 bits per heavy atom. The summed E-state index contributed by atoms with van der Waals surface area (Å²) in [6.07, 6.45) is 2.43. The quantitative estimate of drug-likeness (QED) is 0.887. The second-order valence-corrected chi connectivity index (χ2v) is 4.23. The monoisotopic (exact) mass is 259 g/mol. The molecular formula is C14H14FN3O. The van der Waals surface area contributed by atoms with Crippen molar-refractivity contribution in [2.24, 2.45) is 5.73 Å². The molecule has 98 valence electrons. The van der Waals surface area contributed by atoms with Crippen LogP contribution in [0.4, 0.5) is 10.1 Å². The van der Waals surface area contributed by atoms with E-state index < -0.39 is 17.8 Å². The minimum atomic E-state index is -0.840. The summed E-state index contributed by atoms with van der Waals surface area (Å²) in [6, 6.07) is 7.85. The summed E-state index contributed by atoms with van der Waals surface area (Å²) in [6.45, 7) is 1.95. The normalized spacial score (nSPS) is 11.9. The molecule has 1 aromatic heterocycles. The van der Waals surface area contributed by atoms with E-state index >= 15 is 0 Å². The number of anilines is 1. The highest BCUT2D eigenvalue weighted by Crippen LogP contribution is 2.16. The van der Waals surface area contributed by atoms with Crippen LogP contribution < -0.4 is 11.1 Å². The van der Waals surface area contributed by atoms with Gasteiger partial charge in [-0.2, -0.15) is 0 Å². The van der Waals surface area contributed by atoms with Crippen molar-refractivity contribution in [3.8, 4) is 0 Å². The summed E-state index contributed by atoms with van der Waals surface area (Å²) in [5, 5.41) is 2.44. The molecular weight excluding hydrogens is 245 g/mol. The number of carbonyl (C=O) groups is 1. The number of nitrogens with one attached hydrogen (secondary N) is 1. The zero-order valence-electron chi connectivity index (χ0n) is 10.4. The number of aryl methyl sites for hydroxylation is 1. The SMILES string of the molecule is Cc1ccc(C(N)C(=O)Nc2ccncc2F)cc1. The van der Waals surface area contributed by atoms with Crippen LogP contribution in [0, 0.1) is 12.7 Å². The van der Waals surface area contributed by atoms with Gasteiger partial charge in [0.2, 0.25) is 5.91 Å². The van der Waals surface area contributed by atoms with E-state index in [1.807, 2.05) is 19.1 Å². The van der Waals surface area contributed by atoms with Crippen LogP contribution in [-0.2, 0) is 4.79 Å². The summed E-state index contributed by atoms with van der Waals surface area (Å²) >= 11 is 0. The van der Waals surface area contributed by atoms with Gasteiger partial charge in [-0.3, -0.25) is 9.78 Å². The third-order valence-corrected chi connectivity index (χ3v) is 2.75. The van der Waals surface area contributed by atoms with Gasteiger partial charge in [-0.25, -0.2) is 4.39 Å². The van der Waals surface area contributed by atoms with E-state index in [2.05, 4.69) is 10.3 Å². The largest absolute Gasteiger partial charge is 0.322 e. The van der Waals surface area contributed by atoms with Gasteiger partial charge in [-0.05, 0) is 18.6 Å². The first-order valence-corrected chi connectivity index (χ1v) is 5.80. The lowest BCUT2D eigenvalue weighted by molar-refractivity contribution is -0.117. The highest BCUT2D eigenvalue weighted by atomic mass is 19.1. The Morgan fingerprint density at radius 2 is 2.00 bits per heavy atom. The van der Waals surface area contributed by atoms with E-state index in [-0.39, 0.29) is 5.69 Å². The van der Waals surface area contributed by atoms with E-state index in [0.29, 0.717) is 5.56 Å². The number of aromatic nitrogens is 1. The van der Waals surface area contributed by atoms with Crippen LogP contribution in [0.15, 0.2) is 42.7 Å². The Bertz CT molecular complexity index is 583. The molecule has 0 bridgehead atoms. The number of amides is 1.